The number of halogens is 1. The van der Waals surface area contributed by atoms with Gasteiger partial charge in [-0.1, -0.05) is 29.8 Å². The fourth-order valence-electron chi connectivity index (χ4n) is 2.19. The second kappa shape index (κ2) is 7.93. The maximum absolute atomic E-state index is 12.4. The first-order valence-corrected chi connectivity index (χ1v) is 7.93. The molecule has 6 heteroatoms. The summed E-state index contributed by atoms with van der Waals surface area (Å²) in [5.41, 5.74) is 7.46. The Hall–Kier alpha value is -2.40. The predicted octanol–water partition coefficient (Wildman–Crippen LogP) is 3.44. The zero-order chi connectivity index (χ0) is 17.7. The summed E-state index contributed by atoms with van der Waals surface area (Å²) in [5, 5.41) is 3.13. The minimum Gasteiger partial charge on any atom is -0.496 e. The van der Waals surface area contributed by atoms with Gasteiger partial charge in [0.1, 0.15) is 17.6 Å². The fourth-order valence-corrected chi connectivity index (χ4v) is 2.36. The Morgan fingerprint density at radius 2 is 2.00 bits per heavy atom. The molecule has 0 aromatic heterocycles. The summed E-state index contributed by atoms with van der Waals surface area (Å²) in [4.78, 5) is 12.4. The molecule has 0 saturated heterocycles. The molecule has 0 aliphatic rings. The average molecular weight is 349 g/mol. The average Bonchev–Trinajstić information content (AvgIpc) is 2.56. The molecule has 0 spiro atoms. The molecule has 2 aromatic carbocycles. The van der Waals surface area contributed by atoms with Crippen molar-refractivity contribution in [3.63, 3.8) is 0 Å². The van der Waals surface area contributed by atoms with Crippen LogP contribution in [0.5, 0.6) is 11.5 Å². The van der Waals surface area contributed by atoms with Crippen LogP contribution in [-0.4, -0.2) is 25.7 Å². The minimum atomic E-state index is -0.297. The van der Waals surface area contributed by atoms with Crippen molar-refractivity contribution in [2.75, 3.05) is 19.4 Å². The number of anilines is 1. The Labute approximate surface area is 146 Å². The molecule has 5 nitrogen and oxygen atoms in total. The van der Waals surface area contributed by atoms with Gasteiger partial charge >= 0.3 is 0 Å². The van der Waals surface area contributed by atoms with Gasteiger partial charge in [0.2, 0.25) is 0 Å². The molecule has 0 fully saturated rings. The largest absolute Gasteiger partial charge is 0.496 e. The monoisotopic (exact) mass is 348 g/mol. The van der Waals surface area contributed by atoms with Crippen LogP contribution in [-0.2, 0) is 0 Å². The Kier molecular flexibility index (Phi) is 5.93. The smallest absolute Gasteiger partial charge is 0.255 e. The fraction of sp³-hybridized carbons (Fsp3) is 0.278. The molecule has 0 aliphatic carbocycles. The van der Waals surface area contributed by atoms with Crippen LogP contribution in [0.1, 0.15) is 22.8 Å². The summed E-state index contributed by atoms with van der Waals surface area (Å²) in [7, 11) is 1.48. The quantitative estimate of drug-likeness (QED) is 0.784. The Balaban J connectivity index is 2.00. The van der Waals surface area contributed by atoms with Crippen molar-refractivity contribution in [2.45, 2.75) is 20.0 Å². The lowest BCUT2D eigenvalue weighted by molar-refractivity contribution is 0.0929. The van der Waals surface area contributed by atoms with Gasteiger partial charge in [0.05, 0.1) is 29.9 Å². The van der Waals surface area contributed by atoms with Crippen LogP contribution in [0.3, 0.4) is 0 Å². The Morgan fingerprint density at radius 3 is 2.67 bits per heavy atom. The van der Waals surface area contributed by atoms with E-state index in [1.54, 1.807) is 0 Å². The number of hydrogen-bond donors (Lipinski definition) is 2. The van der Waals surface area contributed by atoms with Gasteiger partial charge in [0, 0.05) is 6.07 Å². The number of nitrogens with one attached hydrogen (secondary N) is 1. The standard InChI is InChI=1S/C18H21ClN2O3/c1-11-6-4-5-7-16(11)24-12(2)10-21-18(22)13-8-14(19)15(20)9-17(13)23-3/h4-9,12H,10,20H2,1-3H3,(H,21,22). The maximum Gasteiger partial charge on any atom is 0.255 e. The molecule has 2 rings (SSSR count). The van der Waals surface area contributed by atoms with Crippen molar-refractivity contribution in [1.29, 1.82) is 0 Å². The highest BCUT2D eigenvalue weighted by molar-refractivity contribution is 6.33. The van der Waals surface area contributed by atoms with E-state index in [9.17, 15) is 4.79 Å². The lowest BCUT2D eigenvalue weighted by Crippen LogP contribution is -2.33. The molecule has 1 unspecified atom stereocenters. The van der Waals surface area contributed by atoms with Gasteiger partial charge in [0.15, 0.2) is 0 Å². The van der Waals surface area contributed by atoms with Crippen molar-refractivity contribution >= 4 is 23.2 Å². The van der Waals surface area contributed by atoms with Gasteiger partial charge in [-0.3, -0.25) is 4.79 Å². The summed E-state index contributed by atoms with van der Waals surface area (Å²) >= 11 is 5.99. The van der Waals surface area contributed by atoms with Crippen LogP contribution in [0.2, 0.25) is 5.02 Å². The van der Waals surface area contributed by atoms with E-state index in [1.807, 2.05) is 38.1 Å². The van der Waals surface area contributed by atoms with Gasteiger partial charge in [-0.25, -0.2) is 0 Å². The highest BCUT2D eigenvalue weighted by Crippen LogP contribution is 2.28. The first-order valence-electron chi connectivity index (χ1n) is 7.56. The predicted molar refractivity (Wildman–Crippen MR) is 96.0 cm³/mol. The number of benzene rings is 2. The molecular formula is C18H21ClN2O3. The number of nitrogens with two attached hydrogens (primary N) is 1. The molecule has 0 heterocycles. The second-order valence-corrected chi connectivity index (χ2v) is 5.89. The van der Waals surface area contributed by atoms with E-state index in [0.29, 0.717) is 28.6 Å². The van der Waals surface area contributed by atoms with E-state index in [4.69, 9.17) is 26.8 Å². The number of carbonyl (C=O) groups excluding carboxylic acids is 1. The van der Waals surface area contributed by atoms with Crippen LogP contribution in [0.15, 0.2) is 36.4 Å². The van der Waals surface area contributed by atoms with Gasteiger partial charge in [-0.2, -0.15) is 0 Å². The van der Waals surface area contributed by atoms with Gasteiger partial charge in [-0.15, -0.1) is 0 Å². The third-order valence-electron chi connectivity index (χ3n) is 3.54. The van der Waals surface area contributed by atoms with Crippen LogP contribution in [0.25, 0.3) is 0 Å². The summed E-state index contributed by atoms with van der Waals surface area (Å²) < 4.78 is 11.0. The normalized spacial score (nSPS) is 11.7. The SMILES string of the molecule is COc1cc(N)c(Cl)cc1C(=O)NCC(C)Oc1ccccc1C. The topological polar surface area (TPSA) is 73.6 Å². The molecule has 128 valence electrons. The first-order chi connectivity index (χ1) is 11.4. The number of nitrogen functional groups attached to an aromatic ring is 1. The van der Waals surface area contributed by atoms with Crippen LogP contribution in [0.4, 0.5) is 5.69 Å². The summed E-state index contributed by atoms with van der Waals surface area (Å²) in [6, 6.07) is 10.8. The van der Waals surface area contributed by atoms with Gasteiger partial charge in [0.25, 0.3) is 5.91 Å². The van der Waals surface area contributed by atoms with E-state index >= 15 is 0 Å². The lowest BCUT2D eigenvalue weighted by Gasteiger charge is -2.17. The van der Waals surface area contributed by atoms with Crippen LogP contribution < -0.4 is 20.5 Å². The van der Waals surface area contributed by atoms with E-state index in [1.165, 1.54) is 19.2 Å². The molecule has 24 heavy (non-hydrogen) atoms. The molecule has 1 amide bonds. The molecule has 0 radical (unpaired) electrons. The molecule has 0 saturated carbocycles. The number of hydrogen-bond acceptors (Lipinski definition) is 4. The van der Waals surface area contributed by atoms with Crippen molar-refractivity contribution < 1.29 is 14.3 Å². The summed E-state index contributed by atoms with van der Waals surface area (Å²) in [6.45, 7) is 4.21. The van der Waals surface area contributed by atoms with Crippen molar-refractivity contribution in [1.82, 2.24) is 5.32 Å². The van der Waals surface area contributed by atoms with Crippen LogP contribution in [0, 0.1) is 6.92 Å². The number of rotatable bonds is 6. The first kappa shape index (κ1) is 17.9. The Morgan fingerprint density at radius 1 is 1.29 bits per heavy atom. The third kappa shape index (κ3) is 4.32. The third-order valence-corrected chi connectivity index (χ3v) is 3.86. The van der Waals surface area contributed by atoms with Crippen LogP contribution >= 0.6 is 11.6 Å². The molecular weight excluding hydrogens is 328 g/mol. The number of carbonyl (C=O) groups is 1. The zero-order valence-electron chi connectivity index (χ0n) is 13.9. The summed E-state index contributed by atoms with van der Waals surface area (Å²) in [5.74, 6) is 0.878. The maximum atomic E-state index is 12.4. The highest BCUT2D eigenvalue weighted by atomic mass is 35.5. The molecule has 2 aromatic rings. The highest BCUT2D eigenvalue weighted by Gasteiger charge is 2.16. The van der Waals surface area contributed by atoms with Crippen molar-refractivity contribution in [3.8, 4) is 11.5 Å². The van der Waals surface area contributed by atoms with E-state index in [0.717, 1.165) is 11.3 Å². The Bertz CT molecular complexity index is 734. The molecule has 1 atom stereocenters. The van der Waals surface area contributed by atoms with Crippen molar-refractivity contribution in [3.05, 3.63) is 52.5 Å². The summed E-state index contributed by atoms with van der Waals surface area (Å²) in [6.07, 6.45) is -0.190. The number of para-hydroxylation sites is 1. The number of methoxy groups -OCH3 is 1. The minimum absolute atomic E-state index is 0.190. The van der Waals surface area contributed by atoms with E-state index in [-0.39, 0.29) is 12.0 Å². The van der Waals surface area contributed by atoms with Gasteiger partial charge in [-0.05, 0) is 31.5 Å². The molecule has 0 bridgehead atoms. The second-order valence-electron chi connectivity index (χ2n) is 5.48. The van der Waals surface area contributed by atoms with Gasteiger partial charge < -0.3 is 20.5 Å². The molecule has 0 aliphatic heterocycles. The number of aryl methyl sites for hydroxylation is 1. The molecule has 3 N–H and O–H groups in total. The van der Waals surface area contributed by atoms with Crippen molar-refractivity contribution in [2.24, 2.45) is 0 Å². The number of amides is 1. The van der Waals surface area contributed by atoms with E-state index in [2.05, 4.69) is 5.32 Å². The lowest BCUT2D eigenvalue weighted by atomic mass is 10.1. The number of ether oxygens (including phenoxy) is 2. The zero-order valence-corrected chi connectivity index (χ0v) is 14.7. The van der Waals surface area contributed by atoms with E-state index < -0.39 is 0 Å².